The first-order valence-electron chi connectivity index (χ1n) is 18.8. The fourth-order valence-electron chi connectivity index (χ4n) is 7.71. The second-order valence-corrected chi connectivity index (χ2v) is 15.2. The van der Waals surface area contributed by atoms with Crippen LogP contribution in [0.1, 0.15) is 92.6 Å². The number of hydrogen-bond donors (Lipinski definition) is 0. The quantitative estimate of drug-likeness (QED) is 0.122. The maximum atomic E-state index is 6.71. The minimum atomic E-state index is 0. The molecule has 7 rings (SSSR count). The molecule has 4 aromatic carbocycles. The Morgan fingerprint density at radius 2 is 1.55 bits per heavy atom. The van der Waals surface area contributed by atoms with Crippen molar-refractivity contribution in [2.24, 2.45) is 5.92 Å². The van der Waals surface area contributed by atoms with Gasteiger partial charge in [-0.05, 0) is 110 Å². The van der Waals surface area contributed by atoms with Gasteiger partial charge in [-0.1, -0.05) is 82.5 Å². The van der Waals surface area contributed by atoms with Crippen molar-refractivity contribution in [3.8, 4) is 34.1 Å². The monoisotopic (exact) mass is 881 g/mol. The summed E-state index contributed by atoms with van der Waals surface area (Å²) in [6.07, 6.45) is 6.16. The molecule has 0 unspecified atom stereocenters. The Hall–Kier alpha value is -4.47. The van der Waals surface area contributed by atoms with E-state index in [9.17, 15) is 0 Å². The fourth-order valence-corrected chi connectivity index (χ4v) is 7.71. The molecule has 5 nitrogen and oxygen atoms in total. The van der Waals surface area contributed by atoms with Crippen molar-refractivity contribution in [1.82, 2.24) is 19.3 Å². The summed E-state index contributed by atoms with van der Waals surface area (Å²) in [6.45, 7) is 19.9. The number of benzene rings is 4. The maximum Gasteiger partial charge on any atom is 2.00 e. The molecule has 274 valence electrons. The molecule has 0 aliphatic carbocycles. The zero-order valence-electron chi connectivity index (χ0n) is 32.5. The summed E-state index contributed by atoms with van der Waals surface area (Å²) in [5.74, 6) is 2.89. The van der Waals surface area contributed by atoms with E-state index in [-0.39, 0.29) is 27.0 Å². The van der Waals surface area contributed by atoms with Gasteiger partial charge in [-0.3, -0.25) is 4.68 Å². The average Bonchev–Trinajstić information content (AvgIpc) is 3.60. The largest absolute Gasteiger partial charge is 2.00 e. The molecule has 0 atom stereocenters. The third kappa shape index (κ3) is 7.64. The maximum absolute atomic E-state index is 6.71. The van der Waals surface area contributed by atoms with Crippen LogP contribution in [0.15, 0.2) is 79.0 Å². The van der Waals surface area contributed by atoms with Crippen LogP contribution in [0.4, 0.5) is 0 Å². The number of ether oxygens (including phenoxy) is 1. The van der Waals surface area contributed by atoms with E-state index < -0.39 is 0 Å². The average molecular weight is 882 g/mol. The van der Waals surface area contributed by atoms with Crippen molar-refractivity contribution in [3.63, 3.8) is 0 Å². The minimum absolute atomic E-state index is 0. The van der Waals surface area contributed by atoms with E-state index in [1.165, 1.54) is 50.0 Å². The van der Waals surface area contributed by atoms with Crippen LogP contribution >= 0.6 is 0 Å². The second-order valence-electron chi connectivity index (χ2n) is 15.2. The molecule has 0 bridgehead atoms. The van der Waals surface area contributed by atoms with Crippen LogP contribution in [0.2, 0.25) is 0 Å². The molecule has 0 saturated carbocycles. The molecule has 0 aliphatic rings. The summed E-state index contributed by atoms with van der Waals surface area (Å²) in [5, 5.41) is 7.49. The number of rotatable bonds is 11. The van der Waals surface area contributed by atoms with Crippen molar-refractivity contribution in [2.45, 2.75) is 93.9 Å². The SMILES string of the molecule is CCCCc1ccnc(-n2c3[c-]c(Oc4[c-]c(-n5nc(C)c(-c6c(C)cc(C)cc6C)c5CC(C)C)cc(C(C)C)c4)ccc3c3ccccc32)c1.[Pt+2]. The van der Waals surface area contributed by atoms with E-state index in [1.54, 1.807) is 0 Å². The van der Waals surface area contributed by atoms with Crippen molar-refractivity contribution in [1.29, 1.82) is 0 Å². The van der Waals surface area contributed by atoms with E-state index in [0.717, 1.165) is 59.3 Å². The van der Waals surface area contributed by atoms with Crippen LogP contribution in [0, 0.1) is 45.7 Å². The van der Waals surface area contributed by atoms with Crippen molar-refractivity contribution in [3.05, 3.63) is 130 Å². The summed E-state index contributed by atoms with van der Waals surface area (Å²) in [5.41, 5.74) is 14.0. The molecule has 0 N–H and O–H groups in total. The molecule has 0 radical (unpaired) electrons. The molecule has 3 aromatic heterocycles. The smallest absolute Gasteiger partial charge is 0.509 e. The number of fused-ring (bicyclic) bond motifs is 3. The van der Waals surface area contributed by atoms with Crippen LogP contribution in [-0.2, 0) is 33.9 Å². The van der Waals surface area contributed by atoms with Gasteiger partial charge in [-0.2, -0.15) is 11.2 Å². The van der Waals surface area contributed by atoms with E-state index >= 15 is 0 Å². The number of nitrogens with zero attached hydrogens (tertiary/aromatic N) is 4. The molecule has 3 heterocycles. The van der Waals surface area contributed by atoms with Crippen LogP contribution in [0.3, 0.4) is 0 Å². The molecule has 53 heavy (non-hydrogen) atoms. The number of unbranched alkanes of at least 4 members (excludes halogenated alkanes) is 1. The molecular formula is C47H50N4OPt. The van der Waals surface area contributed by atoms with Gasteiger partial charge in [0.15, 0.2) is 0 Å². The third-order valence-electron chi connectivity index (χ3n) is 10.1. The van der Waals surface area contributed by atoms with Crippen LogP contribution in [0.25, 0.3) is 44.4 Å². The Labute approximate surface area is 329 Å². The van der Waals surface area contributed by atoms with E-state index in [0.29, 0.717) is 17.4 Å². The van der Waals surface area contributed by atoms with Crippen LogP contribution in [-0.4, -0.2) is 19.3 Å². The first kappa shape index (κ1) is 38.3. The first-order valence-corrected chi connectivity index (χ1v) is 18.8. The minimum Gasteiger partial charge on any atom is -0.509 e. The zero-order valence-corrected chi connectivity index (χ0v) is 34.8. The van der Waals surface area contributed by atoms with Gasteiger partial charge in [0.05, 0.1) is 11.4 Å². The molecule has 0 spiro atoms. The van der Waals surface area contributed by atoms with E-state index in [4.69, 9.17) is 14.8 Å². The number of hydrogen-bond acceptors (Lipinski definition) is 3. The predicted molar refractivity (Wildman–Crippen MR) is 216 cm³/mol. The number of aryl methyl sites for hydroxylation is 5. The van der Waals surface area contributed by atoms with Gasteiger partial charge in [0.2, 0.25) is 0 Å². The van der Waals surface area contributed by atoms with Gasteiger partial charge < -0.3 is 9.30 Å². The first-order chi connectivity index (χ1) is 25.0. The van der Waals surface area contributed by atoms with Crippen LogP contribution < -0.4 is 4.74 Å². The second kappa shape index (κ2) is 15.9. The van der Waals surface area contributed by atoms with Crippen LogP contribution in [0.5, 0.6) is 11.5 Å². The van der Waals surface area contributed by atoms with Gasteiger partial charge in [-0.15, -0.1) is 41.3 Å². The molecule has 0 amide bonds. The summed E-state index contributed by atoms with van der Waals surface area (Å²) in [7, 11) is 0. The van der Waals surface area contributed by atoms with Gasteiger partial charge in [0.25, 0.3) is 0 Å². The molecule has 0 fully saturated rings. The zero-order chi connectivity index (χ0) is 36.7. The van der Waals surface area contributed by atoms with Gasteiger partial charge in [0, 0.05) is 28.8 Å². The Kier molecular flexibility index (Phi) is 11.5. The topological polar surface area (TPSA) is 44.9 Å². The molecular weight excluding hydrogens is 832 g/mol. The van der Waals surface area contributed by atoms with Gasteiger partial charge in [0.1, 0.15) is 5.82 Å². The van der Waals surface area contributed by atoms with Crippen molar-refractivity contribution < 1.29 is 25.8 Å². The molecule has 7 aromatic rings. The van der Waals surface area contributed by atoms with E-state index in [1.807, 2.05) is 12.3 Å². The molecule has 0 aliphatic heterocycles. The Morgan fingerprint density at radius 1 is 0.792 bits per heavy atom. The van der Waals surface area contributed by atoms with Gasteiger partial charge >= 0.3 is 21.1 Å². The predicted octanol–water partition coefficient (Wildman–Crippen LogP) is 12.3. The Bertz CT molecular complexity index is 2390. The molecule has 6 heteroatoms. The standard InChI is InChI=1S/C47H50N4O.Pt/c1-10-11-14-35-19-20-48-45(24-35)50-42-16-13-12-15-40(42)41-18-17-38(28-43(41)50)52-39-26-36(30(4)5)25-37(27-39)51-44(21-29(2)3)47(34(9)49-51)46-32(7)22-31(6)23-33(46)8;/h12-13,15-20,22-26,29-30H,10-11,14,21H2,1-9H3;/q-2;+2. The van der Waals surface area contributed by atoms with Crippen molar-refractivity contribution >= 4 is 21.8 Å². The number of aromatic nitrogens is 4. The Morgan fingerprint density at radius 3 is 2.26 bits per heavy atom. The summed E-state index contributed by atoms with van der Waals surface area (Å²) >= 11 is 0. The summed E-state index contributed by atoms with van der Waals surface area (Å²) in [4.78, 5) is 4.84. The normalized spacial score (nSPS) is 11.6. The molecule has 0 saturated heterocycles. The number of pyridine rings is 1. The Balaban J connectivity index is 0.00000481. The summed E-state index contributed by atoms with van der Waals surface area (Å²) in [6, 6.07) is 33.2. The summed E-state index contributed by atoms with van der Waals surface area (Å²) < 4.78 is 11.0. The third-order valence-corrected chi connectivity index (χ3v) is 10.1. The fraction of sp³-hybridized carbons (Fsp3) is 0.319. The van der Waals surface area contributed by atoms with Gasteiger partial charge in [-0.25, -0.2) is 4.98 Å². The van der Waals surface area contributed by atoms with Crippen molar-refractivity contribution in [2.75, 3.05) is 0 Å². The number of para-hydroxylation sites is 1. The van der Waals surface area contributed by atoms with E-state index in [2.05, 4.69) is 150 Å².